The zero-order valence-corrected chi connectivity index (χ0v) is 12.7. The van der Waals surface area contributed by atoms with E-state index in [2.05, 4.69) is 17.2 Å². The van der Waals surface area contributed by atoms with Crippen molar-refractivity contribution in [1.29, 1.82) is 0 Å². The smallest absolute Gasteiger partial charge is 0.251 e. The summed E-state index contributed by atoms with van der Waals surface area (Å²) in [5, 5.41) is 3.26. The Morgan fingerprint density at radius 3 is 2.24 bits per heavy atom. The molecule has 4 fully saturated rings. The number of nitrogens with one attached hydrogen (secondary N) is 1. The number of hydrogen-bond donors (Lipinski definition) is 1. The Morgan fingerprint density at radius 1 is 1.10 bits per heavy atom. The quantitative estimate of drug-likeness (QED) is 0.925. The average molecular weight is 284 g/mol. The lowest BCUT2D eigenvalue weighted by Gasteiger charge is -2.56. The molecule has 5 rings (SSSR count). The number of nitrogens with zero attached hydrogens (tertiary/aromatic N) is 1. The lowest BCUT2D eigenvalue weighted by molar-refractivity contribution is -0.0480. The van der Waals surface area contributed by atoms with Gasteiger partial charge in [-0.05, 0) is 80.8 Å². The SMILES string of the molecule is C[C@@H](NC(=O)c1ccncc1)C1C2CC3CC(C2)CC1C3. The highest BCUT2D eigenvalue weighted by Crippen LogP contribution is 2.57. The van der Waals surface area contributed by atoms with Crippen LogP contribution < -0.4 is 5.32 Å². The highest BCUT2D eigenvalue weighted by Gasteiger charge is 2.49. The molecule has 1 atom stereocenters. The van der Waals surface area contributed by atoms with Crippen LogP contribution in [0.5, 0.6) is 0 Å². The van der Waals surface area contributed by atoms with E-state index in [9.17, 15) is 4.79 Å². The van der Waals surface area contributed by atoms with Gasteiger partial charge in [0.2, 0.25) is 0 Å². The second-order valence-corrected chi connectivity index (χ2v) is 7.51. The summed E-state index contributed by atoms with van der Waals surface area (Å²) >= 11 is 0. The summed E-state index contributed by atoms with van der Waals surface area (Å²) in [5.74, 6) is 4.45. The summed E-state index contributed by atoms with van der Waals surface area (Å²) in [7, 11) is 0. The van der Waals surface area contributed by atoms with E-state index in [0.717, 1.165) is 29.2 Å². The normalized spacial score (nSPS) is 38.2. The molecule has 0 spiro atoms. The third-order valence-corrected chi connectivity index (χ3v) is 6.18. The Kier molecular flexibility index (Phi) is 3.24. The first-order valence-electron chi connectivity index (χ1n) is 8.41. The molecule has 1 heterocycles. The van der Waals surface area contributed by atoms with Gasteiger partial charge in [0.15, 0.2) is 0 Å². The maximum Gasteiger partial charge on any atom is 0.251 e. The molecule has 0 radical (unpaired) electrons. The number of pyridine rings is 1. The summed E-state index contributed by atoms with van der Waals surface area (Å²) in [6.45, 7) is 2.21. The molecule has 0 aliphatic heterocycles. The van der Waals surface area contributed by atoms with Crippen LogP contribution >= 0.6 is 0 Å². The standard InChI is InChI=1S/C18H24N2O/c1-11(20-18(21)14-2-4-19-5-3-14)17-15-7-12-6-13(9-15)10-16(17)8-12/h2-5,11-13,15-17H,6-10H2,1H3,(H,20,21)/t11-,12?,13?,15?,16?,17?/m1/s1. The molecule has 1 amide bonds. The van der Waals surface area contributed by atoms with E-state index >= 15 is 0 Å². The Balaban J connectivity index is 1.46. The third-order valence-electron chi connectivity index (χ3n) is 6.18. The van der Waals surface area contributed by atoms with E-state index in [-0.39, 0.29) is 5.91 Å². The van der Waals surface area contributed by atoms with Crippen LogP contribution in [0.15, 0.2) is 24.5 Å². The molecule has 3 heteroatoms. The van der Waals surface area contributed by atoms with E-state index in [4.69, 9.17) is 0 Å². The van der Waals surface area contributed by atoms with Gasteiger partial charge in [-0.1, -0.05) is 0 Å². The molecule has 4 saturated carbocycles. The Hall–Kier alpha value is -1.38. The second-order valence-electron chi connectivity index (χ2n) is 7.51. The van der Waals surface area contributed by atoms with Crippen molar-refractivity contribution >= 4 is 5.91 Å². The number of carbonyl (C=O) groups is 1. The summed E-state index contributed by atoms with van der Waals surface area (Å²) < 4.78 is 0. The first kappa shape index (κ1) is 13.3. The van der Waals surface area contributed by atoms with Crippen LogP contribution in [0.3, 0.4) is 0 Å². The monoisotopic (exact) mass is 284 g/mol. The van der Waals surface area contributed by atoms with Crippen molar-refractivity contribution in [1.82, 2.24) is 10.3 Å². The first-order valence-corrected chi connectivity index (χ1v) is 8.41. The largest absolute Gasteiger partial charge is 0.349 e. The second kappa shape index (κ2) is 5.11. The van der Waals surface area contributed by atoms with Crippen LogP contribution in [0.2, 0.25) is 0 Å². The van der Waals surface area contributed by atoms with Gasteiger partial charge in [0.1, 0.15) is 0 Å². The molecule has 4 aliphatic carbocycles. The fourth-order valence-electron chi connectivity index (χ4n) is 5.67. The van der Waals surface area contributed by atoms with E-state index in [1.54, 1.807) is 24.5 Å². The maximum atomic E-state index is 12.4. The van der Waals surface area contributed by atoms with Crippen LogP contribution in [-0.4, -0.2) is 16.9 Å². The minimum Gasteiger partial charge on any atom is -0.349 e. The third kappa shape index (κ3) is 2.37. The van der Waals surface area contributed by atoms with Crippen molar-refractivity contribution in [3.63, 3.8) is 0 Å². The predicted octanol–water partition coefficient (Wildman–Crippen LogP) is 3.27. The molecular weight excluding hydrogens is 260 g/mol. The Bertz CT molecular complexity index is 499. The molecule has 0 unspecified atom stereocenters. The summed E-state index contributed by atoms with van der Waals surface area (Å²) in [4.78, 5) is 16.3. The van der Waals surface area contributed by atoms with Crippen molar-refractivity contribution in [3.8, 4) is 0 Å². The predicted molar refractivity (Wildman–Crippen MR) is 81.7 cm³/mol. The molecule has 0 saturated heterocycles. The fourth-order valence-corrected chi connectivity index (χ4v) is 5.67. The highest BCUT2D eigenvalue weighted by atomic mass is 16.1. The van der Waals surface area contributed by atoms with Gasteiger partial charge in [-0.25, -0.2) is 0 Å². The van der Waals surface area contributed by atoms with Crippen LogP contribution in [0, 0.1) is 29.6 Å². The molecule has 1 N–H and O–H groups in total. The van der Waals surface area contributed by atoms with Gasteiger partial charge in [-0.15, -0.1) is 0 Å². The fraction of sp³-hybridized carbons (Fsp3) is 0.667. The summed E-state index contributed by atoms with van der Waals surface area (Å²) in [6.07, 6.45) is 10.5. The first-order chi connectivity index (χ1) is 10.2. The minimum absolute atomic E-state index is 0.0544. The van der Waals surface area contributed by atoms with Gasteiger partial charge in [0.05, 0.1) is 0 Å². The molecule has 4 bridgehead atoms. The van der Waals surface area contributed by atoms with Crippen molar-refractivity contribution in [3.05, 3.63) is 30.1 Å². The lowest BCUT2D eigenvalue weighted by Crippen LogP contribution is -2.53. The zero-order valence-electron chi connectivity index (χ0n) is 12.7. The minimum atomic E-state index is 0.0544. The number of rotatable bonds is 3. The van der Waals surface area contributed by atoms with Gasteiger partial charge >= 0.3 is 0 Å². The van der Waals surface area contributed by atoms with E-state index in [1.807, 2.05) is 0 Å². The van der Waals surface area contributed by atoms with Crippen LogP contribution in [0.4, 0.5) is 0 Å². The number of aromatic nitrogens is 1. The van der Waals surface area contributed by atoms with Gasteiger partial charge in [0, 0.05) is 24.0 Å². The summed E-state index contributed by atoms with van der Waals surface area (Å²) in [6, 6.07) is 3.87. The van der Waals surface area contributed by atoms with Crippen LogP contribution in [0.25, 0.3) is 0 Å². The van der Waals surface area contributed by atoms with Crippen molar-refractivity contribution < 1.29 is 4.79 Å². The molecule has 1 aromatic rings. The average Bonchev–Trinajstić information content (AvgIpc) is 2.47. The Labute approximate surface area is 126 Å². The zero-order chi connectivity index (χ0) is 14.4. The molecule has 1 aromatic heterocycles. The highest BCUT2D eigenvalue weighted by molar-refractivity contribution is 5.94. The van der Waals surface area contributed by atoms with Crippen LogP contribution in [0.1, 0.15) is 49.4 Å². The number of carbonyl (C=O) groups excluding carboxylic acids is 1. The van der Waals surface area contributed by atoms with E-state index in [0.29, 0.717) is 12.0 Å². The van der Waals surface area contributed by atoms with Crippen molar-refractivity contribution in [2.24, 2.45) is 29.6 Å². The van der Waals surface area contributed by atoms with Crippen molar-refractivity contribution in [2.75, 3.05) is 0 Å². The van der Waals surface area contributed by atoms with Gasteiger partial charge in [0.25, 0.3) is 5.91 Å². The molecule has 0 aromatic carbocycles. The molecule has 3 nitrogen and oxygen atoms in total. The molecule has 21 heavy (non-hydrogen) atoms. The molecule has 112 valence electrons. The number of hydrogen-bond acceptors (Lipinski definition) is 2. The van der Waals surface area contributed by atoms with E-state index in [1.165, 1.54) is 32.1 Å². The Morgan fingerprint density at radius 2 is 1.67 bits per heavy atom. The lowest BCUT2D eigenvalue weighted by atomic mass is 9.50. The topological polar surface area (TPSA) is 42.0 Å². The van der Waals surface area contributed by atoms with Gasteiger partial charge in [-0.2, -0.15) is 0 Å². The van der Waals surface area contributed by atoms with E-state index < -0.39 is 0 Å². The molecular formula is C18H24N2O. The maximum absolute atomic E-state index is 12.4. The molecule has 4 aliphatic rings. The van der Waals surface area contributed by atoms with Gasteiger partial charge in [-0.3, -0.25) is 9.78 Å². The van der Waals surface area contributed by atoms with Gasteiger partial charge < -0.3 is 5.32 Å². The van der Waals surface area contributed by atoms with Crippen molar-refractivity contribution in [2.45, 2.75) is 45.1 Å². The number of amides is 1. The summed E-state index contributed by atoms with van der Waals surface area (Å²) in [5.41, 5.74) is 0.723. The van der Waals surface area contributed by atoms with Crippen LogP contribution in [-0.2, 0) is 0 Å².